The summed E-state index contributed by atoms with van der Waals surface area (Å²) in [5.74, 6) is -0.541. The van der Waals surface area contributed by atoms with Gasteiger partial charge in [0.15, 0.2) is 6.61 Å². The van der Waals surface area contributed by atoms with Crippen molar-refractivity contribution in [2.75, 3.05) is 37.9 Å². The number of ether oxygens (including phenoxy) is 2. The van der Waals surface area contributed by atoms with E-state index in [0.717, 1.165) is 5.01 Å². The van der Waals surface area contributed by atoms with Crippen LogP contribution in [-0.4, -0.2) is 55.5 Å². The molecule has 0 bridgehead atoms. The van der Waals surface area contributed by atoms with Crippen molar-refractivity contribution in [1.82, 2.24) is 10.3 Å². The third-order valence-corrected chi connectivity index (χ3v) is 5.11. The highest BCUT2D eigenvalue weighted by Crippen LogP contribution is 2.24. The molecule has 0 aromatic heterocycles. The number of hydrazine groups is 1. The zero-order valence-corrected chi connectivity index (χ0v) is 17.3. The number of carbonyl (C=O) groups excluding carboxylic acids is 3. The number of morpholine rings is 1. The van der Waals surface area contributed by atoms with Crippen molar-refractivity contribution in [3.63, 3.8) is 0 Å². The molecule has 2 aromatic carbocycles. The summed E-state index contributed by atoms with van der Waals surface area (Å²) in [5, 5.41) is 1.62. The number of nitrogens with one attached hydrogen (secondary N) is 1. The van der Waals surface area contributed by atoms with Crippen LogP contribution in [0, 0.1) is 0 Å². The number of anilines is 1. The Hall–Kier alpha value is -3.36. The van der Waals surface area contributed by atoms with Crippen LogP contribution in [0.15, 0.2) is 54.1 Å². The molecule has 2 aromatic rings. The molecule has 4 rings (SSSR count). The highest BCUT2D eigenvalue weighted by molar-refractivity contribution is 6.33. The molecule has 3 amide bonds. The molecule has 2 aliphatic heterocycles. The molecular formula is C22H20ClN3O5. The van der Waals surface area contributed by atoms with Crippen molar-refractivity contribution >= 4 is 41.1 Å². The number of amides is 3. The van der Waals surface area contributed by atoms with Crippen LogP contribution in [-0.2, 0) is 19.1 Å². The van der Waals surface area contributed by atoms with Crippen LogP contribution in [0.25, 0.3) is 6.08 Å². The van der Waals surface area contributed by atoms with Crippen molar-refractivity contribution in [1.29, 1.82) is 0 Å². The van der Waals surface area contributed by atoms with Crippen molar-refractivity contribution in [3.05, 3.63) is 64.7 Å². The molecule has 0 spiro atoms. The smallest absolute Gasteiger partial charge is 0.282 e. The molecule has 9 heteroatoms. The summed E-state index contributed by atoms with van der Waals surface area (Å²) in [6.07, 6.45) is 1.50. The Morgan fingerprint density at radius 1 is 1.13 bits per heavy atom. The molecule has 0 radical (unpaired) electrons. The molecule has 1 N–H and O–H groups in total. The predicted octanol–water partition coefficient (Wildman–Crippen LogP) is 2.04. The molecular weight excluding hydrogens is 422 g/mol. The Balaban J connectivity index is 1.40. The van der Waals surface area contributed by atoms with Gasteiger partial charge in [-0.3, -0.25) is 19.8 Å². The third kappa shape index (κ3) is 4.87. The SMILES string of the molecule is O=C1NN(c2cccc(Cl)c2)C(=O)/C1=C\c1ccc(OCC(=O)N2CCOCC2)cc1. The van der Waals surface area contributed by atoms with Crippen LogP contribution in [0.1, 0.15) is 5.56 Å². The van der Waals surface area contributed by atoms with Crippen LogP contribution in [0.2, 0.25) is 5.02 Å². The Morgan fingerprint density at radius 2 is 1.87 bits per heavy atom. The molecule has 0 atom stereocenters. The topological polar surface area (TPSA) is 88.2 Å². The zero-order valence-electron chi connectivity index (χ0n) is 16.5. The average Bonchev–Trinajstić information content (AvgIpc) is 3.07. The zero-order chi connectivity index (χ0) is 21.8. The maximum absolute atomic E-state index is 12.7. The molecule has 2 fully saturated rings. The van der Waals surface area contributed by atoms with E-state index in [1.807, 2.05) is 0 Å². The van der Waals surface area contributed by atoms with E-state index in [1.165, 1.54) is 6.08 Å². The van der Waals surface area contributed by atoms with Crippen molar-refractivity contribution in [3.8, 4) is 5.75 Å². The Bertz CT molecular complexity index is 1030. The van der Waals surface area contributed by atoms with Crippen LogP contribution >= 0.6 is 11.6 Å². The van der Waals surface area contributed by atoms with Crippen molar-refractivity contribution in [2.45, 2.75) is 0 Å². The average molecular weight is 442 g/mol. The van der Waals surface area contributed by atoms with Gasteiger partial charge in [-0.1, -0.05) is 29.8 Å². The summed E-state index contributed by atoms with van der Waals surface area (Å²) < 4.78 is 10.8. The van der Waals surface area contributed by atoms with Crippen LogP contribution in [0.4, 0.5) is 5.69 Å². The number of halogens is 1. The molecule has 0 saturated carbocycles. The summed E-state index contributed by atoms with van der Waals surface area (Å²) in [7, 11) is 0. The maximum atomic E-state index is 12.7. The summed E-state index contributed by atoms with van der Waals surface area (Å²) in [6.45, 7) is 2.15. The quantitative estimate of drug-likeness (QED) is 0.566. The van der Waals surface area contributed by atoms with Gasteiger partial charge >= 0.3 is 0 Å². The standard InChI is InChI=1S/C22H20ClN3O5/c23-16-2-1-3-17(13-16)26-22(29)19(21(28)24-26)12-15-4-6-18(7-5-15)31-14-20(27)25-8-10-30-11-9-25/h1-7,12-13H,8-11,14H2,(H,24,28)/b19-12-. The first-order valence-electron chi connectivity index (χ1n) is 9.72. The third-order valence-electron chi connectivity index (χ3n) is 4.88. The van der Waals surface area contributed by atoms with Crippen molar-refractivity contribution < 1.29 is 23.9 Å². The lowest BCUT2D eigenvalue weighted by Crippen LogP contribution is -2.42. The Morgan fingerprint density at radius 3 is 2.58 bits per heavy atom. The van der Waals surface area contributed by atoms with Crippen LogP contribution < -0.4 is 15.2 Å². The van der Waals surface area contributed by atoms with E-state index in [4.69, 9.17) is 21.1 Å². The van der Waals surface area contributed by atoms with Gasteiger partial charge in [-0.05, 0) is 42.0 Å². The highest BCUT2D eigenvalue weighted by atomic mass is 35.5. The van der Waals surface area contributed by atoms with Gasteiger partial charge in [-0.15, -0.1) is 0 Å². The fraction of sp³-hybridized carbons (Fsp3) is 0.227. The lowest BCUT2D eigenvalue weighted by molar-refractivity contribution is -0.137. The first kappa shape index (κ1) is 20.9. The number of nitrogens with zero attached hydrogens (tertiary/aromatic N) is 2. The number of hydrogen-bond donors (Lipinski definition) is 1. The van der Waals surface area contributed by atoms with Crippen molar-refractivity contribution in [2.24, 2.45) is 0 Å². The van der Waals surface area contributed by atoms with Crippen LogP contribution in [0.5, 0.6) is 5.75 Å². The minimum Gasteiger partial charge on any atom is -0.484 e. The highest BCUT2D eigenvalue weighted by Gasteiger charge is 2.34. The molecule has 31 heavy (non-hydrogen) atoms. The van der Waals surface area contributed by atoms with Crippen LogP contribution in [0.3, 0.4) is 0 Å². The van der Waals surface area contributed by atoms with Gasteiger partial charge in [-0.25, -0.2) is 5.01 Å². The molecule has 0 unspecified atom stereocenters. The van der Waals surface area contributed by atoms with E-state index in [9.17, 15) is 14.4 Å². The molecule has 2 heterocycles. The van der Waals surface area contributed by atoms with Gasteiger partial charge in [0.1, 0.15) is 11.3 Å². The maximum Gasteiger partial charge on any atom is 0.282 e. The Kier molecular flexibility index (Phi) is 6.20. The second-order valence-corrected chi connectivity index (χ2v) is 7.41. The van der Waals surface area contributed by atoms with Gasteiger partial charge in [0.25, 0.3) is 17.7 Å². The van der Waals surface area contributed by atoms with Gasteiger partial charge < -0.3 is 14.4 Å². The van der Waals surface area contributed by atoms with E-state index in [2.05, 4.69) is 5.43 Å². The van der Waals surface area contributed by atoms with E-state index >= 15 is 0 Å². The predicted molar refractivity (Wildman–Crippen MR) is 114 cm³/mol. The summed E-state index contributed by atoms with van der Waals surface area (Å²) in [5.41, 5.74) is 3.67. The lowest BCUT2D eigenvalue weighted by atomic mass is 10.1. The number of benzene rings is 2. The molecule has 160 valence electrons. The summed E-state index contributed by atoms with van der Waals surface area (Å²) >= 11 is 5.97. The van der Waals surface area contributed by atoms with E-state index in [0.29, 0.717) is 48.3 Å². The largest absolute Gasteiger partial charge is 0.484 e. The molecule has 2 saturated heterocycles. The Labute approximate surface area is 183 Å². The minimum atomic E-state index is -0.499. The summed E-state index contributed by atoms with van der Waals surface area (Å²) in [6, 6.07) is 13.4. The number of carbonyl (C=O) groups is 3. The first-order chi connectivity index (χ1) is 15.0. The first-order valence-corrected chi connectivity index (χ1v) is 10.1. The molecule has 8 nitrogen and oxygen atoms in total. The van der Waals surface area contributed by atoms with Gasteiger partial charge in [0.2, 0.25) is 0 Å². The van der Waals surface area contributed by atoms with E-state index in [-0.39, 0.29) is 18.1 Å². The fourth-order valence-electron chi connectivity index (χ4n) is 3.23. The monoisotopic (exact) mass is 441 g/mol. The second kappa shape index (κ2) is 9.20. The number of hydrogen-bond acceptors (Lipinski definition) is 5. The second-order valence-electron chi connectivity index (χ2n) is 6.97. The van der Waals surface area contributed by atoms with Gasteiger partial charge in [0.05, 0.1) is 18.9 Å². The van der Waals surface area contributed by atoms with Gasteiger partial charge in [0, 0.05) is 18.1 Å². The molecule has 2 aliphatic rings. The lowest BCUT2D eigenvalue weighted by Gasteiger charge is -2.26. The molecule has 0 aliphatic carbocycles. The fourth-order valence-corrected chi connectivity index (χ4v) is 3.42. The normalized spacial score (nSPS) is 17.8. The van der Waals surface area contributed by atoms with Gasteiger partial charge in [-0.2, -0.15) is 0 Å². The van der Waals surface area contributed by atoms with E-state index in [1.54, 1.807) is 53.4 Å². The van der Waals surface area contributed by atoms with E-state index < -0.39 is 11.8 Å². The minimum absolute atomic E-state index is 0.0103. The summed E-state index contributed by atoms with van der Waals surface area (Å²) in [4.78, 5) is 38.8. The number of rotatable bonds is 5.